The zero-order valence-electron chi connectivity index (χ0n) is 13.7. The highest BCUT2D eigenvalue weighted by Crippen LogP contribution is 2.13. The Balaban J connectivity index is 1.83. The summed E-state index contributed by atoms with van der Waals surface area (Å²) in [5.74, 6) is -1.60. The number of nitrogens with one attached hydrogen (secondary N) is 2. The second-order valence-corrected chi connectivity index (χ2v) is 6.30. The van der Waals surface area contributed by atoms with Crippen molar-refractivity contribution in [2.45, 2.75) is 26.2 Å². The molecule has 3 N–H and O–H groups in total. The molecule has 7 nitrogen and oxygen atoms in total. The summed E-state index contributed by atoms with van der Waals surface area (Å²) in [6.45, 7) is 1.62. The molecule has 0 atom stereocenters. The number of aliphatic carboxylic acids is 1. The van der Waals surface area contributed by atoms with Crippen molar-refractivity contribution >= 4 is 34.8 Å². The summed E-state index contributed by atoms with van der Waals surface area (Å²) < 4.78 is 0. The first-order chi connectivity index (χ1) is 12.0. The van der Waals surface area contributed by atoms with E-state index in [9.17, 15) is 14.4 Å². The summed E-state index contributed by atoms with van der Waals surface area (Å²) in [5, 5.41) is 16.5. The molecular formula is C17H19N3O4S. The van der Waals surface area contributed by atoms with E-state index >= 15 is 0 Å². The van der Waals surface area contributed by atoms with Gasteiger partial charge < -0.3 is 15.7 Å². The Morgan fingerprint density at radius 3 is 2.44 bits per heavy atom. The van der Waals surface area contributed by atoms with Gasteiger partial charge in [0.15, 0.2) is 0 Å². The molecule has 0 saturated heterocycles. The number of anilines is 1. The largest absolute Gasteiger partial charge is 0.480 e. The average molecular weight is 361 g/mol. The molecule has 25 heavy (non-hydrogen) atoms. The number of thiazole rings is 1. The zero-order valence-corrected chi connectivity index (χ0v) is 14.6. The third-order valence-electron chi connectivity index (χ3n) is 3.28. The van der Waals surface area contributed by atoms with Crippen molar-refractivity contribution in [1.82, 2.24) is 10.3 Å². The minimum atomic E-state index is -1.09. The molecule has 2 aromatic rings. The number of carboxylic acids is 1. The molecule has 8 heteroatoms. The summed E-state index contributed by atoms with van der Waals surface area (Å²) in [6.07, 6.45) is 1.16. The molecule has 0 bridgehead atoms. The molecule has 0 unspecified atom stereocenters. The van der Waals surface area contributed by atoms with Gasteiger partial charge in [0.25, 0.3) is 0 Å². The van der Waals surface area contributed by atoms with E-state index in [4.69, 9.17) is 5.11 Å². The third-order valence-corrected chi connectivity index (χ3v) is 4.32. The molecule has 1 heterocycles. The summed E-state index contributed by atoms with van der Waals surface area (Å²) in [4.78, 5) is 38.3. The van der Waals surface area contributed by atoms with Crippen LogP contribution in [0.2, 0.25) is 0 Å². The first kappa shape index (κ1) is 18.6. The van der Waals surface area contributed by atoms with Crippen LogP contribution in [0.5, 0.6) is 0 Å². The average Bonchev–Trinajstić information content (AvgIpc) is 3.02. The van der Waals surface area contributed by atoms with E-state index in [1.165, 1.54) is 0 Å². The highest BCUT2D eigenvalue weighted by atomic mass is 32.1. The fourth-order valence-electron chi connectivity index (χ4n) is 2.09. The zero-order chi connectivity index (χ0) is 18.2. The number of carbonyl (C=O) groups excluding carboxylic acids is 2. The quantitative estimate of drug-likeness (QED) is 0.662. The van der Waals surface area contributed by atoms with Crippen molar-refractivity contribution < 1.29 is 19.5 Å². The first-order valence-electron chi connectivity index (χ1n) is 7.77. The number of carboxylic acid groups (broad SMARTS) is 1. The fourth-order valence-corrected chi connectivity index (χ4v) is 2.83. The van der Waals surface area contributed by atoms with Crippen LogP contribution in [0.3, 0.4) is 0 Å². The minimum absolute atomic E-state index is 0.0835. The van der Waals surface area contributed by atoms with Gasteiger partial charge in [0, 0.05) is 11.1 Å². The molecule has 0 saturated carbocycles. The number of nitrogens with zero attached hydrogens (tertiary/aromatic N) is 1. The maximum atomic E-state index is 12.0. The van der Waals surface area contributed by atoms with Crippen molar-refractivity contribution in [3.63, 3.8) is 0 Å². The monoisotopic (exact) mass is 361 g/mol. The van der Waals surface area contributed by atoms with Gasteiger partial charge >= 0.3 is 5.97 Å². The summed E-state index contributed by atoms with van der Waals surface area (Å²) in [6, 6.07) is 6.84. The van der Waals surface area contributed by atoms with Gasteiger partial charge in [-0.1, -0.05) is 19.1 Å². The fraction of sp³-hybridized carbons (Fsp3) is 0.294. The second kappa shape index (κ2) is 8.93. The van der Waals surface area contributed by atoms with Crippen molar-refractivity contribution in [2.24, 2.45) is 0 Å². The van der Waals surface area contributed by atoms with Crippen LogP contribution in [0.4, 0.5) is 5.69 Å². The molecule has 1 aromatic heterocycles. The second-order valence-electron chi connectivity index (χ2n) is 5.36. The van der Waals surface area contributed by atoms with Gasteiger partial charge in [-0.3, -0.25) is 14.4 Å². The Hall–Kier alpha value is -2.74. The number of rotatable bonds is 8. The first-order valence-corrected chi connectivity index (χ1v) is 8.64. The summed E-state index contributed by atoms with van der Waals surface area (Å²) >= 11 is 1.55. The number of hydrogen-bond donors (Lipinski definition) is 3. The number of hydrogen-bond acceptors (Lipinski definition) is 5. The highest BCUT2D eigenvalue weighted by Gasteiger charge is 2.09. The Labute approximate surface area is 149 Å². The van der Waals surface area contributed by atoms with E-state index < -0.39 is 12.5 Å². The van der Waals surface area contributed by atoms with Crippen LogP contribution in [0.15, 0.2) is 29.6 Å². The maximum absolute atomic E-state index is 12.0. The Morgan fingerprint density at radius 1 is 1.12 bits per heavy atom. The lowest BCUT2D eigenvalue weighted by Crippen LogP contribution is -2.30. The van der Waals surface area contributed by atoms with E-state index in [-0.39, 0.29) is 24.7 Å². The van der Waals surface area contributed by atoms with Crippen LogP contribution in [-0.2, 0) is 33.6 Å². The van der Waals surface area contributed by atoms with E-state index in [1.54, 1.807) is 35.6 Å². The van der Waals surface area contributed by atoms with Gasteiger partial charge in [0.1, 0.15) is 6.54 Å². The van der Waals surface area contributed by atoms with Gasteiger partial charge in [-0.25, -0.2) is 4.98 Å². The van der Waals surface area contributed by atoms with Gasteiger partial charge in [0.2, 0.25) is 11.8 Å². The Morgan fingerprint density at radius 2 is 1.84 bits per heavy atom. The lowest BCUT2D eigenvalue weighted by molar-refractivity contribution is -0.137. The van der Waals surface area contributed by atoms with E-state index in [2.05, 4.69) is 15.6 Å². The molecule has 0 fully saturated rings. The lowest BCUT2D eigenvalue weighted by Gasteiger charge is -2.06. The van der Waals surface area contributed by atoms with Crippen molar-refractivity contribution in [1.29, 1.82) is 0 Å². The van der Waals surface area contributed by atoms with E-state index in [0.717, 1.165) is 22.7 Å². The van der Waals surface area contributed by atoms with E-state index in [1.807, 2.05) is 12.3 Å². The van der Waals surface area contributed by atoms with Crippen molar-refractivity contribution in [3.8, 4) is 0 Å². The van der Waals surface area contributed by atoms with Gasteiger partial charge in [-0.15, -0.1) is 11.3 Å². The molecular weight excluding hydrogens is 342 g/mol. The van der Waals surface area contributed by atoms with Crippen molar-refractivity contribution in [2.75, 3.05) is 11.9 Å². The standard InChI is InChI=1S/C17H19N3O4S/c1-2-16-20-13(10-25-16)8-15(22)19-12-5-3-11(4-6-12)7-14(21)18-9-17(23)24/h3-6,10H,2,7-9H2,1H3,(H,18,21)(H,19,22)(H,23,24). The van der Waals surface area contributed by atoms with E-state index in [0.29, 0.717) is 5.69 Å². The number of aromatic nitrogens is 1. The van der Waals surface area contributed by atoms with Gasteiger partial charge in [0.05, 0.1) is 23.5 Å². The SMILES string of the molecule is CCc1nc(CC(=O)Nc2ccc(CC(=O)NCC(=O)O)cc2)cs1. The molecule has 2 amide bonds. The molecule has 0 radical (unpaired) electrons. The van der Waals surface area contributed by atoms with Gasteiger partial charge in [-0.05, 0) is 24.1 Å². The number of carbonyl (C=O) groups is 3. The van der Waals surface area contributed by atoms with Crippen LogP contribution < -0.4 is 10.6 Å². The number of amides is 2. The highest BCUT2D eigenvalue weighted by molar-refractivity contribution is 7.09. The molecule has 0 aliphatic carbocycles. The predicted octanol–water partition coefficient (Wildman–Crippen LogP) is 1.63. The molecule has 1 aromatic carbocycles. The lowest BCUT2D eigenvalue weighted by atomic mass is 10.1. The Kier molecular flexibility index (Phi) is 6.64. The Bertz CT molecular complexity index is 756. The molecule has 0 spiro atoms. The predicted molar refractivity (Wildman–Crippen MR) is 94.6 cm³/mol. The van der Waals surface area contributed by atoms with Crippen LogP contribution in [0, 0.1) is 0 Å². The van der Waals surface area contributed by atoms with Crippen LogP contribution in [0.1, 0.15) is 23.2 Å². The van der Waals surface area contributed by atoms with Gasteiger partial charge in [-0.2, -0.15) is 0 Å². The molecule has 0 aliphatic rings. The molecule has 132 valence electrons. The maximum Gasteiger partial charge on any atom is 0.322 e. The third kappa shape index (κ3) is 6.34. The number of benzene rings is 1. The van der Waals surface area contributed by atoms with Crippen LogP contribution in [-0.4, -0.2) is 34.4 Å². The summed E-state index contributed by atoms with van der Waals surface area (Å²) in [5.41, 5.74) is 2.12. The van der Waals surface area contributed by atoms with Crippen LogP contribution in [0.25, 0.3) is 0 Å². The normalized spacial score (nSPS) is 10.3. The van der Waals surface area contributed by atoms with Crippen molar-refractivity contribution in [3.05, 3.63) is 45.9 Å². The van der Waals surface area contributed by atoms with Crippen LogP contribution >= 0.6 is 11.3 Å². The number of aryl methyl sites for hydroxylation is 1. The smallest absolute Gasteiger partial charge is 0.322 e. The minimum Gasteiger partial charge on any atom is -0.480 e. The topological polar surface area (TPSA) is 108 Å². The summed E-state index contributed by atoms with van der Waals surface area (Å²) in [7, 11) is 0. The molecule has 0 aliphatic heterocycles. The molecule has 2 rings (SSSR count).